The van der Waals surface area contributed by atoms with Crippen LogP contribution < -0.4 is 5.32 Å². The second-order valence-electron chi connectivity index (χ2n) is 6.73. The van der Waals surface area contributed by atoms with Crippen molar-refractivity contribution in [3.8, 4) is 22.5 Å². The van der Waals surface area contributed by atoms with E-state index in [1.54, 1.807) is 16.9 Å². The van der Waals surface area contributed by atoms with Crippen molar-refractivity contribution in [2.24, 2.45) is 7.05 Å². The molecule has 0 atom stereocenters. The number of nitrogens with one attached hydrogen (secondary N) is 2. The Kier molecular flexibility index (Phi) is 4.87. The highest BCUT2D eigenvalue weighted by atomic mass is 19.1. The summed E-state index contributed by atoms with van der Waals surface area (Å²) >= 11 is 0. The molecule has 0 aliphatic heterocycles. The molecule has 4 rings (SSSR count). The van der Waals surface area contributed by atoms with Gasteiger partial charge in [0.1, 0.15) is 17.3 Å². The van der Waals surface area contributed by atoms with Crippen LogP contribution in [0.2, 0.25) is 0 Å². The lowest BCUT2D eigenvalue weighted by atomic mass is 10.0. The molecule has 0 unspecified atom stereocenters. The number of benzene rings is 1. The number of rotatable bonds is 6. The molecule has 0 fully saturated rings. The number of hydrogen-bond acceptors (Lipinski definition) is 4. The van der Waals surface area contributed by atoms with E-state index < -0.39 is 11.6 Å². The third-order valence-corrected chi connectivity index (χ3v) is 4.68. The van der Waals surface area contributed by atoms with Crippen molar-refractivity contribution in [1.82, 2.24) is 30.3 Å². The zero-order valence-electron chi connectivity index (χ0n) is 15.6. The van der Waals surface area contributed by atoms with Gasteiger partial charge in [-0.2, -0.15) is 10.2 Å². The molecule has 144 valence electrons. The molecular weight excluding hydrogens is 362 g/mol. The predicted molar refractivity (Wildman–Crippen MR) is 104 cm³/mol. The van der Waals surface area contributed by atoms with E-state index >= 15 is 0 Å². The highest BCUT2D eigenvalue weighted by Gasteiger charge is 2.17. The van der Waals surface area contributed by atoms with Crippen molar-refractivity contribution in [3.63, 3.8) is 0 Å². The number of nitrogens with zero attached hydrogens (tertiary/aromatic N) is 4. The van der Waals surface area contributed by atoms with Gasteiger partial charge in [-0.05, 0) is 50.2 Å². The van der Waals surface area contributed by atoms with Crippen molar-refractivity contribution in [2.45, 2.75) is 12.8 Å². The minimum Gasteiger partial charge on any atom is -0.320 e. The number of aromatic amines is 1. The maximum absolute atomic E-state index is 14.7. The van der Waals surface area contributed by atoms with Crippen LogP contribution in [0, 0.1) is 11.6 Å². The van der Waals surface area contributed by atoms with Crippen LogP contribution in [0.25, 0.3) is 33.4 Å². The van der Waals surface area contributed by atoms with Gasteiger partial charge in [-0.25, -0.2) is 8.78 Å². The van der Waals surface area contributed by atoms with Crippen LogP contribution in [0.5, 0.6) is 0 Å². The van der Waals surface area contributed by atoms with Gasteiger partial charge in [0.05, 0.1) is 29.2 Å². The highest BCUT2D eigenvalue weighted by Crippen LogP contribution is 2.31. The molecule has 2 N–H and O–H groups in total. The van der Waals surface area contributed by atoms with Crippen LogP contribution in [0.4, 0.5) is 8.78 Å². The van der Waals surface area contributed by atoms with Gasteiger partial charge in [0, 0.05) is 24.2 Å². The first-order valence-corrected chi connectivity index (χ1v) is 9.03. The molecule has 4 aromatic rings. The average Bonchev–Trinajstić information content (AvgIpc) is 3.27. The fourth-order valence-corrected chi connectivity index (χ4v) is 3.30. The smallest absolute Gasteiger partial charge is 0.135 e. The number of fused-ring (bicyclic) bond motifs is 1. The molecule has 0 saturated carbocycles. The molecule has 8 heteroatoms. The zero-order valence-corrected chi connectivity index (χ0v) is 15.6. The summed E-state index contributed by atoms with van der Waals surface area (Å²) < 4.78 is 31.1. The molecule has 0 aliphatic rings. The maximum Gasteiger partial charge on any atom is 0.135 e. The molecule has 0 aliphatic carbocycles. The molecular formula is C20H20F2N6. The van der Waals surface area contributed by atoms with Crippen molar-refractivity contribution in [3.05, 3.63) is 54.0 Å². The quantitative estimate of drug-likeness (QED) is 0.501. The van der Waals surface area contributed by atoms with Gasteiger partial charge in [-0.15, -0.1) is 0 Å². The lowest BCUT2D eigenvalue weighted by Crippen LogP contribution is -2.08. The highest BCUT2D eigenvalue weighted by molar-refractivity contribution is 5.94. The number of hydrogen-bond donors (Lipinski definition) is 2. The average molecular weight is 382 g/mol. The fraction of sp³-hybridized carbons (Fsp3) is 0.250. The first-order chi connectivity index (χ1) is 13.6. The van der Waals surface area contributed by atoms with Crippen LogP contribution in [-0.4, -0.2) is 38.6 Å². The monoisotopic (exact) mass is 382 g/mol. The SMILES string of the molecule is CNCCCc1cc(F)c(-c2cc3c(-c4cnn(C)c4)n[nH]c3cn2)c(F)c1. The third kappa shape index (κ3) is 3.38. The summed E-state index contributed by atoms with van der Waals surface area (Å²) in [5, 5.41) is 15.1. The van der Waals surface area contributed by atoms with Crippen LogP contribution in [0.3, 0.4) is 0 Å². The van der Waals surface area contributed by atoms with Gasteiger partial charge in [0.2, 0.25) is 0 Å². The van der Waals surface area contributed by atoms with E-state index in [0.717, 1.165) is 23.9 Å². The van der Waals surface area contributed by atoms with Crippen molar-refractivity contribution in [2.75, 3.05) is 13.6 Å². The van der Waals surface area contributed by atoms with E-state index in [1.807, 2.05) is 20.3 Å². The summed E-state index contributed by atoms with van der Waals surface area (Å²) in [4.78, 5) is 4.23. The lowest BCUT2D eigenvalue weighted by molar-refractivity contribution is 0.583. The van der Waals surface area contributed by atoms with E-state index in [0.29, 0.717) is 23.2 Å². The van der Waals surface area contributed by atoms with Crippen molar-refractivity contribution >= 4 is 10.9 Å². The second kappa shape index (κ2) is 7.47. The van der Waals surface area contributed by atoms with Crippen LogP contribution >= 0.6 is 0 Å². The number of aryl methyl sites for hydroxylation is 2. The standard InChI is InChI=1S/C20H20F2N6/c1-23-5-3-4-12-6-15(21)19(16(22)7-12)17-8-14-18(10-24-17)26-27-20(14)13-9-25-28(2)11-13/h6-11,23H,3-5H2,1-2H3,(H,26,27). The van der Waals surface area contributed by atoms with Gasteiger partial charge in [0.25, 0.3) is 0 Å². The van der Waals surface area contributed by atoms with Crippen molar-refractivity contribution < 1.29 is 8.78 Å². The summed E-state index contributed by atoms with van der Waals surface area (Å²) in [6.07, 6.45) is 6.47. The Bertz CT molecular complexity index is 1110. The molecule has 0 saturated heterocycles. The molecule has 0 bridgehead atoms. The van der Waals surface area contributed by atoms with Crippen LogP contribution in [0.1, 0.15) is 12.0 Å². The summed E-state index contributed by atoms with van der Waals surface area (Å²) in [6.45, 7) is 0.792. The van der Waals surface area contributed by atoms with Gasteiger partial charge in [-0.1, -0.05) is 0 Å². The van der Waals surface area contributed by atoms with E-state index in [-0.39, 0.29) is 11.3 Å². The van der Waals surface area contributed by atoms with E-state index in [2.05, 4.69) is 25.6 Å². The first kappa shape index (κ1) is 18.2. The molecule has 6 nitrogen and oxygen atoms in total. The van der Waals surface area contributed by atoms with Gasteiger partial charge in [0.15, 0.2) is 0 Å². The van der Waals surface area contributed by atoms with Crippen LogP contribution in [0.15, 0.2) is 36.8 Å². The zero-order chi connectivity index (χ0) is 19.7. The first-order valence-electron chi connectivity index (χ1n) is 9.03. The molecule has 0 spiro atoms. The molecule has 0 amide bonds. The molecule has 3 aromatic heterocycles. The predicted octanol–water partition coefficient (Wildman–Crippen LogP) is 3.46. The molecule has 28 heavy (non-hydrogen) atoms. The van der Waals surface area contributed by atoms with Gasteiger partial charge >= 0.3 is 0 Å². The lowest BCUT2D eigenvalue weighted by Gasteiger charge is -2.08. The van der Waals surface area contributed by atoms with E-state index in [4.69, 9.17) is 0 Å². The Morgan fingerprint density at radius 1 is 1.14 bits per heavy atom. The summed E-state index contributed by atoms with van der Waals surface area (Å²) in [7, 11) is 3.66. The number of H-pyrrole nitrogens is 1. The van der Waals surface area contributed by atoms with Gasteiger partial charge in [-0.3, -0.25) is 14.8 Å². The summed E-state index contributed by atoms with van der Waals surface area (Å²) in [5.41, 5.74) is 2.90. The number of pyridine rings is 1. The maximum atomic E-state index is 14.7. The van der Waals surface area contributed by atoms with E-state index in [1.165, 1.54) is 18.3 Å². The second-order valence-corrected chi connectivity index (χ2v) is 6.73. The topological polar surface area (TPSA) is 71.4 Å². The summed E-state index contributed by atoms with van der Waals surface area (Å²) in [5.74, 6) is -1.23. The Morgan fingerprint density at radius 3 is 2.61 bits per heavy atom. The van der Waals surface area contributed by atoms with Gasteiger partial charge < -0.3 is 5.32 Å². The fourth-order valence-electron chi connectivity index (χ4n) is 3.30. The summed E-state index contributed by atoms with van der Waals surface area (Å²) in [6, 6.07) is 4.43. The number of aromatic nitrogens is 5. The number of halogens is 2. The normalized spacial score (nSPS) is 11.4. The Hall–Kier alpha value is -3.13. The third-order valence-electron chi connectivity index (χ3n) is 4.68. The molecule has 1 aromatic carbocycles. The van der Waals surface area contributed by atoms with E-state index in [9.17, 15) is 8.78 Å². The Balaban J connectivity index is 1.75. The molecule has 3 heterocycles. The Labute approximate surface area is 160 Å². The van der Waals surface area contributed by atoms with Crippen LogP contribution in [-0.2, 0) is 13.5 Å². The Morgan fingerprint density at radius 2 is 1.93 bits per heavy atom. The minimum atomic E-state index is -0.613. The largest absolute Gasteiger partial charge is 0.320 e. The van der Waals surface area contributed by atoms with Crippen molar-refractivity contribution in [1.29, 1.82) is 0 Å². The molecule has 0 radical (unpaired) electrons. The minimum absolute atomic E-state index is 0.127.